The van der Waals surface area contributed by atoms with Gasteiger partial charge in [-0.3, -0.25) is 10.6 Å². The van der Waals surface area contributed by atoms with Gasteiger partial charge in [0.15, 0.2) is 0 Å². The van der Waals surface area contributed by atoms with Crippen LogP contribution in [0.4, 0.5) is 0 Å². The van der Waals surface area contributed by atoms with E-state index < -0.39 is 5.60 Å². The van der Waals surface area contributed by atoms with Gasteiger partial charge in [0.2, 0.25) is 0 Å². The SMILES string of the molecule is CC(C)(C)OC(=O)C1CCCN(N)[C@H]1C(C)(C)C. The van der Waals surface area contributed by atoms with Crippen molar-refractivity contribution in [3.8, 4) is 0 Å². The number of hydrogen-bond acceptors (Lipinski definition) is 4. The highest BCUT2D eigenvalue weighted by atomic mass is 16.6. The summed E-state index contributed by atoms with van der Waals surface area (Å²) >= 11 is 0. The maximum atomic E-state index is 12.3. The van der Waals surface area contributed by atoms with Gasteiger partial charge in [0.25, 0.3) is 0 Å². The third kappa shape index (κ3) is 3.95. The Balaban J connectivity index is 2.87. The molecule has 2 N–H and O–H groups in total. The smallest absolute Gasteiger partial charge is 0.311 e. The van der Waals surface area contributed by atoms with E-state index in [1.165, 1.54) is 0 Å². The maximum Gasteiger partial charge on any atom is 0.311 e. The van der Waals surface area contributed by atoms with Crippen LogP contribution in [0.3, 0.4) is 0 Å². The summed E-state index contributed by atoms with van der Waals surface area (Å²) in [5.74, 6) is 5.85. The molecule has 4 heteroatoms. The Hall–Kier alpha value is -0.610. The minimum atomic E-state index is -0.434. The van der Waals surface area contributed by atoms with Gasteiger partial charge in [-0.05, 0) is 39.0 Å². The van der Waals surface area contributed by atoms with Gasteiger partial charge in [0, 0.05) is 12.6 Å². The van der Waals surface area contributed by atoms with E-state index in [2.05, 4.69) is 20.8 Å². The lowest BCUT2D eigenvalue weighted by atomic mass is 9.75. The average molecular weight is 256 g/mol. The molecule has 2 atom stereocenters. The van der Waals surface area contributed by atoms with Crippen molar-refractivity contribution in [1.29, 1.82) is 0 Å². The van der Waals surface area contributed by atoms with Crippen molar-refractivity contribution in [1.82, 2.24) is 5.01 Å². The van der Waals surface area contributed by atoms with E-state index in [4.69, 9.17) is 10.6 Å². The summed E-state index contributed by atoms with van der Waals surface area (Å²) in [5, 5.41) is 1.82. The van der Waals surface area contributed by atoms with Crippen molar-refractivity contribution in [3.05, 3.63) is 0 Å². The molecule has 1 saturated heterocycles. The highest BCUT2D eigenvalue weighted by molar-refractivity contribution is 5.74. The zero-order valence-electron chi connectivity index (χ0n) is 12.6. The number of hydrogen-bond donors (Lipinski definition) is 1. The standard InChI is InChI=1S/C14H28N2O2/c1-13(2,3)11-10(8-7-9-16(11)15)12(17)18-14(4,5)6/h10-11H,7-9,15H2,1-6H3/t10?,11-/m1/s1. The van der Waals surface area contributed by atoms with Crippen LogP contribution in [0.25, 0.3) is 0 Å². The largest absolute Gasteiger partial charge is 0.460 e. The van der Waals surface area contributed by atoms with Crippen molar-refractivity contribution < 1.29 is 9.53 Å². The molecule has 0 saturated carbocycles. The Labute approximate surface area is 111 Å². The van der Waals surface area contributed by atoms with E-state index >= 15 is 0 Å². The quantitative estimate of drug-likeness (QED) is 0.578. The van der Waals surface area contributed by atoms with Crippen LogP contribution < -0.4 is 5.84 Å². The predicted octanol–water partition coefficient (Wildman–Crippen LogP) is 2.33. The maximum absolute atomic E-state index is 12.3. The van der Waals surface area contributed by atoms with Gasteiger partial charge in [-0.15, -0.1) is 0 Å². The number of carbonyl (C=O) groups excluding carboxylic acids is 1. The molecule has 106 valence electrons. The molecule has 0 aromatic heterocycles. The fourth-order valence-corrected chi connectivity index (χ4v) is 2.75. The molecule has 18 heavy (non-hydrogen) atoms. The minimum absolute atomic E-state index is 0.0310. The molecule has 0 aromatic rings. The van der Waals surface area contributed by atoms with E-state index in [0.29, 0.717) is 0 Å². The monoisotopic (exact) mass is 256 g/mol. The van der Waals surface area contributed by atoms with Gasteiger partial charge in [-0.1, -0.05) is 20.8 Å². The van der Waals surface area contributed by atoms with Crippen LogP contribution in [0.5, 0.6) is 0 Å². The number of rotatable bonds is 1. The topological polar surface area (TPSA) is 55.6 Å². The summed E-state index contributed by atoms with van der Waals surface area (Å²) in [6.07, 6.45) is 1.82. The van der Waals surface area contributed by atoms with Crippen LogP contribution in [0, 0.1) is 11.3 Å². The Morgan fingerprint density at radius 3 is 2.22 bits per heavy atom. The summed E-state index contributed by atoms with van der Waals surface area (Å²) < 4.78 is 5.53. The van der Waals surface area contributed by atoms with E-state index in [1.807, 2.05) is 25.8 Å². The molecule has 4 nitrogen and oxygen atoms in total. The first-order valence-corrected chi connectivity index (χ1v) is 6.76. The molecule has 0 amide bonds. The summed E-state index contributed by atoms with van der Waals surface area (Å²) in [6.45, 7) is 12.9. The van der Waals surface area contributed by atoms with Crippen molar-refractivity contribution in [2.45, 2.75) is 66.0 Å². The third-order valence-electron chi connectivity index (χ3n) is 3.27. The molecule has 1 fully saturated rings. The molecule has 0 aromatic carbocycles. The number of ether oxygens (including phenoxy) is 1. The molecule has 1 heterocycles. The minimum Gasteiger partial charge on any atom is -0.460 e. The van der Waals surface area contributed by atoms with Crippen molar-refractivity contribution >= 4 is 5.97 Å². The van der Waals surface area contributed by atoms with Crippen molar-refractivity contribution in [2.75, 3.05) is 6.54 Å². The van der Waals surface area contributed by atoms with Crippen LogP contribution in [-0.2, 0) is 9.53 Å². The number of piperidine rings is 1. The summed E-state index contributed by atoms with van der Waals surface area (Å²) in [6, 6.07) is 0.0427. The normalized spacial score (nSPS) is 27.1. The molecule has 1 aliphatic rings. The Kier molecular flexibility index (Phi) is 4.44. The predicted molar refractivity (Wildman–Crippen MR) is 72.7 cm³/mol. The molecule has 1 unspecified atom stereocenters. The summed E-state index contributed by atoms with van der Waals surface area (Å²) in [4.78, 5) is 12.3. The number of hydrazine groups is 1. The molecular formula is C14H28N2O2. The average Bonchev–Trinajstić information content (AvgIpc) is 2.12. The lowest BCUT2D eigenvalue weighted by molar-refractivity contribution is -0.167. The number of nitrogens with zero attached hydrogens (tertiary/aromatic N) is 1. The first kappa shape index (κ1) is 15.4. The first-order chi connectivity index (χ1) is 8.02. The van der Waals surface area contributed by atoms with Crippen LogP contribution in [0.1, 0.15) is 54.4 Å². The molecular weight excluding hydrogens is 228 g/mol. The molecule has 0 aliphatic carbocycles. The van der Waals surface area contributed by atoms with E-state index in [-0.39, 0.29) is 23.3 Å². The van der Waals surface area contributed by atoms with Crippen LogP contribution in [0.15, 0.2) is 0 Å². The summed E-state index contributed by atoms with van der Waals surface area (Å²) in [5.41, 5.74) is -0.465. The number of nitrogens with two attached hydrogens (primary N) is 1. The molecule has 1 rings (SSSR count). The second-order valence-corrected chi connectivity index (χ2v) is 7.33. The van der Waals surface area contributed by atoms with Gasteiger partial charge >= 0.3 is 5.97 Å². The second kappa shape index (κ2) is 5.17. The van der Waals surface area contributed by atoms with Gasteiger partial charge in [0.05, 0.1) is 5.92 Å². The number of carbonyl (C=O) groups is 1. The van der Waals surface area contributed by atoms with Gasteiger partial charge in [-0.2, -0.15) is 0 Å². The summed E-state index contributed by atoms with van der Waals surface area (Å²) in [7, 11) is 0. The highest BCUT2D eigenvalue weighted by Crippen LogP contribution is 2.35. The van der Waals surface area contributed by atoms with E-state index in [0.717, 1.165) is 19.4 Å². The lowest BCUT2D eigenvalue weighted by Crippen LogP contribution is -2.57. The fraction of sp³-hybridized carbons (Fsp3) is 0.929. The first-order valence-electron chi connectivity index (χ1n) is 6.76. The molecule has 1 aliphatic heterocycles. The van der Waals surface area contributed by atoms with Crippen molar-refractivity contribution in [2.24, 2.45) is 17.2 Å². The number of esters is 1. The third-order valence-corrected chi connectivity index (χ3v) is 3.27. The Bertz CT molecular complexity index is 302. The molecule has 0 radical (unpaired) electrons. The lowest BCUT2D eigenvalue weighted by Gasteiger charge is -2.45. The van der Waals surface area contributed by atoms with Crippen LogP contribution in [-0.4, -0.2) is 29.2 Å². The van der Waals surface area contributed by atoms with Crippen molar-refractivity contribution in [3.63, 3.8) is 0 Å². The van der Waals surface area contributed by atoms with E-state index in [9.17, 15) is 4.79 Å². The Morgan fingerprint density at radius 2 is 1.78 bits per heavy atom. The van der Waals surface area contributed by atoms with Gasteiger partial charge in [-0.25, -0.2) is 5.01 Å². The van der Waals surface area contributed by atoms with Crippen LogP contribution >= 0.6 is 0 Å². The van der Waals surface area contributed by atoms with Crippen LogP contribution in [0.2, 0.25) is 0 Å². The molecule has 0 spiro atoms. The van der Waals surface area contributed by atoms with E-state index in [1.54, 1.807) is 0 Å². The molecule has 0 bridgehead atoms. The zero-order chi connectivity index (χ0) is 14.1. The Morgan fingerprint density at radius 1 is 1.22 bits per heavy atom. The van der Waals surface area contributed by atoms with Gasteiger partial charge in [0.1, 0.15) is 5.60 Å². The van der Waals surface area contributed by atoms with Gasteiger partial charge < -0.3 is 4.74 Å². The fourth-order valence-electron chi connectivity index (χ4n) is 2.75. The highest BCUT2D eigenvalue weighted by Gasteiger charge is 2.43. The zero-order valence-corrected chi connectivity index (χ0v) is 12.6. The second-order valence-electron chi connectivity index (χ2n) is 7.33.